The third kappa shape index (κ3) is 1.55. The fourth-order valence-electron chi connectivity index (χ4n) is 0.752. The molecular weight excluding hydrogens is 166 g/mol. The number of carbonyl (C=O) groups is 1. The zero-order valence-corrected chi connectivity index (χ0v) is 6.00. The van der Waals surface area contributed by atoms with E-state index in [0.29, 0.717) is 6.29 Å². The molecule has 0 amide bonds. The van der Waals surface area contributed by atoms with Crippen molar-refractivity contribution in [3.8, 4) is 0 Å². The Morgan fingerprint density at radius 1 is 1.58 bits per heavy atom. The molecule has 0 saturated carbocycles. The maximum absolute atomic E-state index is 12.1. The standard InChI is InChI=1S/C7H6F2N2O/c8-7(9)5-1-4(3-12)11-2-6(5)10/h1-3,7H,10H2. The molecular formula is C7H6F2N2O. The lowest BCUT2D eigenvalue weighted by Gasteiger charge is -2.02. The van der Waals surface area contributed by atoms with Gasteiger partial charge in [0, 0.05) is 5.56 Å². The molecule has 1 aromatic rings. The molecule has 1 heterocycles. The highest BCUT2D eigenvalue weighted by Crippen LogP contribution is 2.23. The van der Waals surface area contributed by atoms with E-state index in [2.05, 4.69) is 4.98 Å². The lowest BCUT2D eigenvalue weighted by Crippen LogP contribution is -1.98. The van der Waals surface area contributed by atoms with Gasteiger partial charge in [0.05, 0.1) is 11.9 Å². The molecule has 0 aliphatic rings. The molecule has 1 aromatic heterocycles. The second-order valence-corrected chi connectivity index (χ2v) is 2.16. The van der Waals surface area contributed by atoms with Gasteiger partial charge in [-0.15, -0.1) is 0 Å². The van der Waals surface area contributed by atoms with Gasteiger partial charge < -0.3 is 5.73 Å². The van der Waals surface area contributed by atoms with Crippen LogP contribution < -0.4 is 5.73 Å². The first-order chi connectivity index (χ1) is 5.65. The molecule has 0 aromatic carbocycles. The van der Waals surface area contributed by atoms with Crippen LogP contribution in [0.3, 0.4) is 0 Å². The Hall–Kier alpha value is -1.52. The van der Waals surface area contributed by atoms with Gasteiger partial charge in [0.1, 0.15) is 5.69 Å². The monoisotopic (exact) mass is 172 g/mol. The van der Waals surface area contributed by atoms with Gasteiger partial charge in [-0.2, -0.15) is 0 Å². The summed E-state index contributed by atoms with van der Waals surface area (Å²) >= 11 is 0. The average Bonchev–Trinajstić information content (AvgIpc) is 2.05. The van der Waals surface area contributed by atoms with Crippen LogP contribution in [0.25, 0.3) is 0 Å². The van der Waals surface area contributed by atoms with Crippen molar-refractivity contribution in [3.63, 3.8) is 0 Å². The van der Waals surface area contributed by atoms with E-state index in [4.69, 9.17) is 5.73 Å². The van der Waals surface area contributed by atoms with Crippen LogP contribution >= 0.6 is 0 Å². The minimum Gasteiger partial charge on any atom is -0.397 e. The molecule has 0 saturated heterocycles. The Balaban J connectivity index is 3.16. The molecule has 0 aliphatic heterocycles. The molecule has 1 rings (SSSR count). The van der Waals surface area contributed by atoms with Crippen LogP contribution in [0.5, 0.6) is 0 Å². The van der Waals surface area contributed by atoms with E-state index >= 15 is 0 Å². The van der Waals surface area contributed by atoms with Crippen molar-refractivity contribution < 1.29 is 13.6 Å². The van der Waals surface area contributed by atoms with E-state index in [-0.39, 0.29) is 16.9 Å². The van der Waals surface area contributed by atoms with Crippen LogP contribution in [0.15, 0.2) is 12.3 Å². The van der Waals surface area contributed by atoms with Crippen LogP contribution in [0.4, 0.5) is 14.5 Å². The highest BCUT2D eigenvalue weighted by Gasteiger charge is 2.11. The average molecular weight is 172 g/mol. The molecule has 3 nitrogen and oxygen atoms in total. The first-order valence-corrected chi connectivity index (χ1v) is 3.14. The fourth-order valence-corrected chi connectivity index (χ4v) is 0.752. The van der Waals surface area contributed by atoms with Gasteiger partial charge in [0.25, 0.3) is 6.43 Å². The minimum absolute atomic E-state index is 0.0421. The zero-order chi connectivity index (χ0) is 9.14. The number of hydrogen-bond acceptors (Lipinski definition) is 3. The van der Waals surface area contributed by atoms with Crippen molar-refractivity contribution in [3.05, 3.63) is 23.5 Å². The van der Waals surface area contributed by atoms with E-state index in [1.807, 2.05) is 0 Å². The van der Waals surface area contributed by atoms with Crippen LogP contribution in [-0.4, -0.2) is 11.3 Å². The number of nitrogen functional groups attached to an aromatic ring is 1. The molecule has 0 fully saturated rings. The van der Waals surface area contributed by atoms with E-state index in [1.165, 1.54) is 0 Å². The Bertz CT molecular complexity index is 301. The first-order valence-electron chi connectivity index (χ1n) is 3.14. The van der Waals surface area contributed by atoms with Gasteiger partial charge in [-0.05, 0) is 6.07 Å². The molecule has 12 heavy (non-hydrogen) atoms. The van der Waals surface area contributed by atoms with E-state index in [0.717, 1.165) is 12.3 Å². The predicted octanol–water partition coefficient (Wildman–Crippen LogP) is 1.41. The Labute approximate surface area is 67.2 Å². The zero-order valence-electron chi connectivity index (χ0n) is 6.00. The van der Waals surface area contributed by atoms with Crippen molar-refractivity contribution in [1.82, 2.24) is 4.98 Å². The van der Waals surface area contributed by atoms with E-state index < -0.39 is 6.43 Å². The number of alkyl halides is 2. The highest BCUT2D eigenvalue weighted by atomic mass is 19.3. The van der Waals surface area contributed by atoms with Crippen LogP contribution in [0.1, 0.15) is 22.5 Å². The summed E-state index contributed by atoms with van der Waals surface area (Å²) in [6.07, 6.45) is -1.23. The highest BCUT2D eigenvalue weighted by molar-refractivity contribution is 5.73. The van der Waals surface area contributed by atoms with Crippen LogP contribution in [0.2, 0.25) is 0 Å². The molecule has 0 aliphatic carbocycles. The number of halogens is 2. The summed E-state index contributed by atoms with van der Waals surface area (Å²) in [7, 11) is 0. The quantitative estimate of drug-likeness (QED) is 0.686. The SMILES string of the molecule is Nc1cnc(C=O)cc1C(F)F. The predicted molar refractivity (Wildman–Crippen MR) is 39.0 cm³/mol. The normalized spacial score (nSPS) is 10.2. The second kappa shape index (κ2) is 3.25. The van der Waals surface area contributed by atoms with Gasteiger partial charge in [0.15, 0.2) is 6.29 Å². The third-order valence-corrected chi connectivity index (χ3v) is 1.35. The molecule has 2 N–H and O–H groups in total. The summed E-state index contributed by atoms with van der Waals surface area (Å²) in [4.78, 5) is 13.7. The maximum atomic E-state index is 12.1. The summed E-state index contributed by atoms with van der Waals surface area (Å²) in [5.41, 5.74) is 4.69. The van der Waals surface area contributed by atoms with E-state index in [9.17, 15) is 13.6 Å². The number of aromatic nitrogens is 1. The van der Waals surface area contributed by atoms with Gasteiger partial charge in [-0.3, -0.25) is 9.78 Å². The van der Waals surface area contributed by atoms with Gasteiger partial charge in [0.2, 0.25) is 0 Å². The van der Waals surface area contributed by atoms with Crippen molar-refractivity contribution in [1.29, 1.82) is 0 Å². The molecule has 0 bridgehead atoms. The molecule has 64 valence electrons. The Morgan fingerprint density at radius 2 is 2.25 bits per heavy atom. The molecule has 0 radical (unpaired) electrons. The molecule has 0 atom stereocenters. The van der Waals surface area contributed by atoms with Crippen LogP contribution in [0, 0.1) is 0 Å². The summed E-state index contributed by atoms with van der Waals surface area (Å²) < 4.78 is 24.2. The summed E-state index contributed by atoms with van der Waals surface area (Å²) in [5.74, 6) is 0. The molecule has 5 heteroatoms. The second-order valence-electron chi connectivity index (χ2n) is 2.16. The smallest absolute Gasteiger partial charge is 0.265 e. The topological polar surface area (TPSA) is 56.0 Å². The Morgan fingerprint density at radius 3 is 2.75 bits per heavy atom. The summed E-state index contributed by atoms with van der Waals surface area (Å²) in [5, 5.41) is 0. The Kier molecular flexibility index (Phi) is 2.32. The third-order valence-electron chi connectivity index (χ3n) is 1.35. The first kappa shape index (κ1) is 8.58. The van der Waals surface area contributed by atoms with Gasteiger partial charge >= 0.3 is 0 Å². The molecule has 0 unspecified atom stereocenters. The number of rotatable bonds is 2. The molecule has 0 spiro atoms. The van der Waals surface area contributed by atoms with Crippen molar-refractivity contribution in [2.45, 2.75) is 6.43 Å². The lowest BCUT2D eigenvalue weighted by molar-refractivity contribution is 0.111. The van der Waals surface area contributed by atoms with E-state index in [1.54, 1.807) is 0 Å². The number of hydrogen-bond donors (Lipinski definition) is 1. The lowest BCUT2D eigenvalue weighted by atomic mass is 10.2. The van der Waals surface area contributed by atoms with Crippen molar-refractivity contribution in [2.24, 2.45) is 0 Å². The number of nitrogens with two attached hydrogens (primary N) is 1. The van der Waals surface area contributed by atoms with Crippen LogP contribution in [-0.2, 0) is 0 Å². The maximum Gasteiger partial charge on any atom is 0.265 e. The van der Waals surface area contributed by atoms with Gasteiger partial charge in [-0.25, -0.2) is 8.78 Å². The summed E-state index contributed by atoms with van der Waals surface area (Å²) in [6, 6.07) is 0.979. The van der Waals surface area contributed by atoms with Crippen molar-refractivity contribution in [2.75, 3.05) is 5.73 Å². The fraction of sp³-hybridized carbons (Fsp3) is 0.143. The van der Waals surface area contributed by atoms with Gasteiger partial charge in [-0.1, -0.05) is 0 Å². The summed E-state index contributed by atoms with van der Waals surface area (Å²) in [6.45, 7) is 0. The minimum atomic E-state index is -2.67. The number of pyridine rings is 1. The van der Waals surface area contributed by atoms with Crippen molar-refractivity contribution >= 4 is 12.0 Å². The largest absolute Gasteiger partial charge is 0.397 e. The number of carbonyl (C=O) groups excluding carboxylic acids is 1. The number of aldehydes is 1. The number of anilines is 1. The number of nitrogens with zero attached hydrogens (tertiary/aromatic N) is 1.